The lowest BCUT2D eigenvalue weighted by molar-refractivity contribution is 0.601. The predicted molar refractivity (Wildman–Crippen MR) is 76.1 cm³/mol. The highest BCUT2D eigenvalue weighted by Crippen LogP contribution is 2.28. The molecular weight excluding hydrogens is 308 g/mol. The van der Waals surface area contributed by atoms with Crippen LogP contribution in [0.25, 0.3) is 0 Å². The SMILES string of the molecule is Cc1nnc(NS(=O)(=O)c2cc(N)c(C)cc2Cl)s1. The van der Waals surface area contributed by atoms with E-state index >= 15 is 0 Å². The van der Waals surface area contributed by atoms with Gasteiger partial charge in [0.1, 0.15) is 9.90 Å². The van der Waals surface area contributed by atoms with Gasteiger partial charge < -0.3 is 5.73 Å². The molecule has 0 aliphatic heterocycles. The summed E-state index contributed by atoms with van der Waals surface area (Å²) in [5, 5.41) is 8.39. The van der Waals surface area contributed by atoms with Crippen LogP contribution < -0.4 is 10.5 Å². The molecule has 0 unspecified atom stereocenters. The molecule has 0 saturated heterocycles. The average Bonchev–Trinajstić information content (AvgIpc) is 2.68. The molecule has 0 aliphatic rings. The number of rotatable bonds is 3. The van der Waals surface area contributed by atoms with Gasteiger partial charge in [-0.3, -0.25) is 4.72 Å². The number of aryl methyl sites for hydroxylation is 2. The van der Waals surface area contributed by atoms with Gasteiger partial charge in [0.2, 0.25) is 5.13 Å². The summed E-state index contributed by atoms with van der Waals surface area (Å²) in [5.74, 6) is 0. The van der Waals surface area contributed by atoms with Gasteiger partial charge in [0, 0.05) is 5.69 Å². The average molecular weight is 319 g/mol. The van der Waals surface area contributed by atoms with Crippen LogP contribution in [0, 0.1) is 13.8 Å². The maximum atomic E-state index is 12.2. The van der Waals surface area contributed by atoms with E-state index < -0.39 is 10.0 Å². The second kappa shape index (κ2) is 4.95. The molecule has 0 atom stereocenters. The number of hydrogen-bond donors (Lipinski definition) is 2. The largest absolute Gasteiger partial charge is 0.398 e. The van der Waals surface area contributed by atoms with Gasteiger partial charge in [0.05, 0.1) is 5.02 Å². The second-order valence-electron chi connectivity index (χ2n) is 3.87. The number of anilines is 2. The predicted octanol–water partition coefficient (Wildman–Crippen LogP) is 2.19. The third kappa shape index (κ3) is 2.96. The third-order valence-electron chi connectivity index (χ3n) is 2.36. The van der Waals surface area contributed by atoms with Gasteiger partial charge >= 0.3 is 0 Å². The minimum atomic E-state index is -3.82. The molecule has 0 radical (unpaired) electrons. The summed E-state index contributed by atoms with van der Waals surface area (Å²) in [7, 11) is -3.82. The standard InChI is InChI=1S/C10H11ClN4O2S2/c1-5-3-7(11)9(4-8(5)12)19(16,17)15-10-14-13-6(2)18-10/h3-4H,12H2,1-2H3,(H,14,15). The Labute approximate surface area is 119 Å². The second-order valence-corrected chi connectivity index (χ2v) is 7.11. The van der Waals surface area contributed by atoms with Crippen LogP contribution in [0.15, 0.2) is 17.0 Å². The Morgan fingerprint density at radius 1 is 1.32 bits per heavy atom. The highest BCUT2D eigenvalue weighted by molar-refractivity contribution is 7.93. The normalized spacial score (nSPS) is 11.5. The van der Waals surface area contributed by atoms with Crippen LogP contribution in [0.1, 0.15) is 10.6 Å². The van der Waals surface area contributed by atoms with Crippen molar-refractivity contribution < 1.29 is 8.42 Å². The molecule has 9 heteroatoms. The van der Waals surface area contributed by atoms with Crippen molar-refractivity contribution in [2.45, 2.75) is 18.7 Å². The summed E-state index contributed by atoms with van der Waals surface area (Å²) in [6.07, 6.45) is 0. The molecule has 6 nitrogen and oxygen atoms in total. The molecule has 0 bridgehead atoms. The van der Waals surface area contributed by atoms with E-state index in [1.165, 1.54) is 12.1 Å². The summed E-state index contributed by atoms with van der Waals surface area (Å²) in [6, 6.07) is 2.84. The first kappa shape index (κ1) is 14.0. The van der Waals surface area contributed by atoms with Crippen LogP contribution in [0.2, 0.25) is 5.02 Å². The van der Waals surface area contributed by atoms with Crippen LogP contribution in [-0.2, 0) is 10.0 Å². The molecule has 0 aliphatic carbocycles. The lowest BCUT2D eigenvalue weighted by Crippen LogP contribution is -2.14. The number of nitrogens with zero attached hydrogens (tertiary/aromatic N) is 2. The van der Waals surface area contributed by atoms with E-state index in [1.54, 1.807) is 13.8 Å². The smallest absolute Gasteiger partial charge is 0.265 e. The first-order valence-corrected chi connectivity index (χ1v) is 7.86. The van der Waals surface area contributed by atoms with Crippen molar-refractivity contribution >= 4 is 43.8 Å². The van der Waals surface area contributed by atoms with Crippen molar-refractivity contribution in [3.63, 3.8) is 0 Å². The van der Waals surface area contributed by atoms with Crippen LogP contribution in [0.5, 0.6) is 0 Å². The molecule has 2 rings (SSSR count). The van der Waals surface area contributed by atoms with E-state index in [9.17, 15) is 8.42 Å². The number of halogens is 1. The molecule has 102 valence electrons. The topological polar surface area (TPSA) is 98.0 Å². The molecule has 0 fully saturated rings. The highest BCUT2D eigenvalue weighted by atomic mass is 35.5. The van der Waals surface area contributed by atoms with E-state index in [4.69, 9.17) is 17.3 Å². The Bertz CT molecular complexity index is 727. The monoisotopic (exact) mass is 318 g/mol. The van der Waals surface area contributed by atoms with E-state index in [0.29, 0.717) is 10.7 Å². The number of nitrogen functional groups attached to an aromatic ring is 1. The van der Waals surface area contributed by atoms with E-state index in [0.717, 1.165) is 16.9 Å². The molecule has 2 aromatic rings. The molecule has 0 saturated carbocycles. The van der Waals surface area contributed by atoms with Crippen molar-refractivity contribution in [3.05, 3.63) is 27.7 Å². The van der Waals surface area contributed by atoms with Gasteiger partial charge in [-0.2, -0.15) is 0 Å². The summed E-state index contributed by atoms with van der Waals surface area (Å²) < 4.78 is 26.7. The molecule has 1 aromatic carbocycles. The van der Waals surface area contributed by atoms with Gasteiger partial charge in [-0.15, -0.1) is 10.2 Å². The lowest BCUT2D eigenvalue weighted by atomic mass is 10.2. The summed E-state index contributed by atoms with van der Waals surface area (Å²) in [5.41, 5.74) is 6.79. The zero-order valence-electron chi connectivity index (χ0n) is 10.1. The molecule has 3 N–H and O–H groups in total. The quantitative estimate of drug-likeness (QED) is 0.845. The van der Waals surface area contributed by atoms with Crippen molar-refractivity contribution in [1.82, 2.24) is 10.2 Å². The number of sulfonamides is 1. The fourth-order valence-electron chi connectivity index (χ4n) is 1.38. The fraction of sp³-hybridized carbons (Fsp3) is 0.200. The molecular formula is C10H11ClN4O2S2. The Morgan fingerprint density at radius 3 is 2.58 bits per heavy atom. The minimum Gasteiger partial charge on any atom is -0.398 e. The van der Waals surface area contributed by atoms with E-state index in [1.807, 2.05) is 0 Å². The van der Waals surface area contributed by atoms with Gasteiger partial charge in [0.25, 0.3) is 10.0 Å². The van der Waals surface area contributed by atoms with Gasteiger partial charge in [0.15, 0.2) is 0 Å². The zero-order chi connectivity index (χ0) is 14.2. The van der Waals surface area contributed by atoms with Crippen LogP contribution in [-0.4, -0.2) is 18.6 Å². The molecule has 19 heavy (non-hydrogen) atoms. The number of nitrogens with two attached hydrogens (primary N) is 1. The summed E-state index contributed by atoms with van der Waals surface area (Å²) in [4.78, 5) is -0.0786. The van der Waals surface area contributed by atoms with Crippen LogP contribution in [0.4, 0.5) is 10.8 Å². The number of benzene rings is 1. The van der Waals surface area contributed by atoms with Crippen molar-refractivity contribution in [1.29, 1.82) is 0 Å². The van der Waals surface area contributed by atoms with Crippen molar-refractivity contribution in [2.75, 3.05) is 10.5 Å². The van der Waals surface area contributed by atoms with Crippen molar-refractivity contribution in [2.24, 2.45) is 0 Å². The summed E-state index contributed by atoms with van der Waals surface area (Å²) in [6.45, 7) is 3.48. The van der Waals surface area contributed by atoms with E-state index in [2.05, 4.69) is 14.9 Å². The molecule has 1 aromatic heterocycles. The maximum absolute atomic E-state index is 12.2. The highest BCUT2D eigenvalue weighted by Gasteiger charge is 2.20. The first-order chi connectivity index (χ1) is 8.79. The molecule has 0 amide bonds. The fourth-order valence-corrected chi connectivity index (χ4v) is 3.82. The molecule has 0 spiro atoms. The summed E-state index contributed by atoms with van der Waals surface area (Å²) >= 11 is 7.09. The number of aromatic nitrogens is 2. The Morgan fingerprint density at radius 2 is 2.00 bits per heavy atom. The van der Waals surface area contributed by atoms with Crippen LogP contribution in [0.3, 0.4) is 0 Å². The minimum absolute atomic E-state index is 0.0786. The van der Waals surface area contributed by atoms with E-state index in [-0.39, 0.29) is 15.0 Å². The third-order valence-corrected chi connectivity index (χ3v) is 5.04. The van der Waals surface area contributed by atoms with Gasteiger partial charge in [-0.25, -0.2) is 8.42 Å². The Kier molecular flexibility index (Phi) is 3.66. The number of hydrogen-bond acceptors (Lipinski definition) is 6. The van der Waals surface area contributed by atoms with Gasteiger partial charge in [-0.1, -0.05) is 22.9 Å². The Hall–Kier alpha value is -1.38. The van der Waals surface area contributed by atoms with Crippen LogP contribution >= 0.6 is 22.9 Å². The first-order valence-electron chi connectivity index (χ1n) is 5.18. The molecule has 1 heterocycles. The van der Waals surface area contributed by atoms with Crippen molar-refractivity contribution in [3.8, 4) is 0 Å². The Balaban J connectivity index is 2.42. The van der Waals surface area contributed by atoms with Gasteiger partial charge in [-0.05, 0) is 31.5 Å². The number of nitrogens with one attached hydrogen (secondary N) is 1. The zero-order valence-corrected chi connectivity index (χ0v) is 12.5. The maximum Gasteiger partial charge on any atom is 0.265 e. The lowest BCUT2D eigenvalue weighted by Gasteiger charge is -2.09.